The second-order valence-corrected chi connectivity index (χ2v) is 12.0. The number of amides is 1. The summed E-state index contributed by atoms with van der Waals surface area (Å²) < 4.78 is 5.47. The Balaban J connectivity index is 0.936. The first kappa shape index (κ1) is 23.7. The molecule has 7 heteroatoms. The molecule has 0 bridgehead atoms. The monoisotopic (exact) mass is 489 g/mol. The number of benzene rings is 1. The number of nitrogens with zero attached hydrogens (tertiary/aromatic N) is 4. The highest BCUT2D eigenvalue weighted by molar-refractivity contribution is 5.94. The van der Waals surface area contributed by atoms with Gasteiger partial charge in [0.1, 0.15) is 5.82 Å². The summed E-state index contributed by atoms with van der Waals surface area (Å²) in [5.74, 6) is 3.15. The zero-order valence-corrected chi connectivity index (χ0v) is 21.8. The number of fused-ring (bicyclic) bond motifs is 1. The molecule has 1 N–H and O–H groups in total. The number of ether oxygens (including phenoxy) is 1. The highest BCUT2D eigenvalue weighted by Gasteiger charge is 2.56. The van der Waals surface area contributed by atoms with Crippen LogP contribution in [0.1, 0.15) is 36.7 Å². The third-order valence-electron chi connectivity index (χ3n) is 8.69. The Labute approximate surface area is 214 Å². The van der Waals surface area contributed by atoms with Crippen molar-refractivity contribution in [1.82, 2.24) is 14.8 Å². The standard InChI is InChI=1S/C29H39N5O2/c1-29(2,3)21-6-4-20(5-7-21)28(35)34-18-25-24(26(25)19-34)15-30-22-8-9-27(31-14-22)33-16-23(17-33)32-10-12-36-13-11-32/h4-9,14,23-26,30H,10-13,15-19H2,1-3H3. The zero-order chi connectivity index (χ0) is 24.9. The molecule has 4 aliphatic rings. The van der Waals surface area contributed by atoms with E-state index in [0.717, 1.165) is 76.1 Å². The number of piperidine rings is 1. The first-order valence-corrected chi connectivity index (χ1v) is 13.5. The molecule has 1 amide bonds. The van der Waals surface area contributed by atoms with Gasteiger partial charge in [-0.25, -0.2) is 4.98 Å². The first-order valence-electron chi connectivity index (χ1n) is 13.5. The summed E-state index contributed by atoms with van der Waals surface area (Å²) in [5.41, 5.74) is 3.26. The fraction of sp³-hybridized carbons (Fsp3) is 0.586. The second kappa shape index (κ2) is 9.34. The molecule has 192 valence electrons. The van der Waals surface area contributed by atoms with E-state index in [1.165, 1.54) is 5.56 Å². The number of nitrogens with one attached hydrogen (secondary N) is 1. The number of aromatic nitrogens is 1. The molecule has 2 aromatic rings. The Hall–Kier alpha value is -2.64. The van der Waals surface area contributed by atoms with E-state index in [9.17, 15) is 4.79 Å². The lowest BCUT2D eigenvalue weighted by atomic mass is 9.86. The third-order valence-corrected chi connectivity index (χ3v) is 8.69. The predicted octanol–water partition coefficient (Wildman–Crippen LogP) is 3.33. The second-order valence-electron chi connectivity index (χ2n) is 12.0. The molecular weight excluding hydrogens is 450 g/mol. The molecule has 1 aromatic heterocycles. The number of carbonyl (C=O) groups is 1. The highest BCUT2D eigenvalue weighted by atomic mass is 16.5. The van der Waals surface area contributed by atoms with Crippen LogP contribution in [0.3, 0.4) is 0 Å². The molecule has 36 heavy (non-hydrogen) atoms. The Morgan fingerprint density at radius 1 is 1.00 bits per heavy atom. The molecule has 7 nitrogen and oxygen atoms in total. The van der Waals surface area contributed by atoms with Gasteiger partial charge in [-0.05, 0) is 53.0 Å². The minimum atomic E-state index is 0.105. The predicted molar refractivity (Wildman–Crippen MR) is 143 cm³/mol. The zero-order valence-electron chi connectivity index (χ0n) is 21.8. The van der Waals surface area contributed by atoms with Crippen LogP contribution in [0.2, 0.25) is 0 Å². The molecule has 4 heterocycles. The van der Waals surface area contributed by atoms with E-state index in [1.807, 2.05) is 23.2 Å². The molecule has 3 aliphatic heterocycles. The largest absolute Gasteiger partial charge is 0.383 e. The lowest BCUT2D eigenvalue weighted by molar-refractivity contribution is 0.0104. The van der Waals surface area contributed by atoms with Gasteiger partial charge in [0.25, 0.3) is 5.91 Å². The van der Waals surface area contributed by atoms with Gasteiger partial charge in [-0.15, -0.1) is 0 Å². The van der Waals surface area contributed by atoms with Crippen molar-refractivity contribution < 1.29 is 9.53 Å². The summed E-state index contributed by atoms with van der Waals surface area (Å²) in [6.45, 7) is 15.3. The van der Waals surface area contributed by atoms with Crippen LogP contribution < -0.4 is 10.2 Å². The van der Waals surface area contributed by atoms with Gasteiger partial charge < -0.3 is 19.9 Å². The lowest BCUT2D eigenvalue weighted by Gasteiger charge is -2.47. The summed E-state index contributed by atoms with van der Waals surface area (Å²) >= 11 is 0. The van der Waals surface area contributed by atoms with Gasteiger partial charge >= 0.3 is 0 Å². The highest BCUT2D eigenvalue weighted by Crippen LogP contribution is 2.51. The molecule has 6 rings (SSSR count). The molecule has 2 atom stereocenters. The van der Waals surface area contributed by atoms with E-state index in [4.69, 9.17) is 9.72 Å². The van der Waals surface area contributed by atoms with Crippen LogP contribution in [0.25, 0.3) is 0 Å². The molecule has 4 fully saturated rings. The lowest BCUT2D eigenvalue weighted by Crippen LogP contribution is -2.61. The van der Waals surface area contributed by atoms with Gasteiger partial charge in [0.2, 0.25) is 0 Å². The van der Waals surface area contributed by atoms with E-state index in [1.54, 1.807) is 0 Å². The van der Waals surface area contributed by atoms with Crippen LogP contribution in [0.15, 0.2) is 42.6 Å². The van der Waals surface area contributed by atoms with Crippen molar-refractivity contribution in [2.75, 3.05) is 69.2 Å². The van der Waals surface area contributed by atoms with Crippen LogP contribution >= 0.6 is 0 Å². The summed E-state index contributed by atoms with van der Waals surface area (Å²) in [5, 5.41) is 3.59. The van der Waals surface area contributed by atoms with Crippen molar-refractivity contribution >= 4 is 17.4 Å². The van der Waals surface area contributed by atoms with Crippen LogP contribution in [-0.4, -0.2) is 85.8 Å². The van der Waals surface area contributed by atoms with Crippen LogP contribution in [-0.2, 0) is 10.2 Å². The first-order chi connectivity index (χ1) is 17.4. The Bertz CT molecular complexity index is 1060. The van der Waals surface area contributed by atoms with Crippen molar-refractivity contribution in [1.29, 1.82) is 0 Å². The number of likely N-dealkylation sites (tertiary alicyclic amines) is 1. The fourth-order valence-electron chi connectivity index (χ4n) is 6.14. The van der Waals surface area contributed by atoms with Gasteiger partial charge in [-0.3, -0.25) is 9.69 Å². The number of hydrogen-bond donors (Lipinski definition) is 1. The number of anilines is 2. The van der Waals surface area contributed by atoms with E-state index < -0.39 is 0 Å². The molecule has 1 aromatic carbocycles. The molecule has 0 spiro atoms. The minimum absolute atomic E-state index is 0.105. The third kappa shape index (κ3) is 4.71. The van der Waals surface area contributed by atoms with Gasteiger partial charge in [0, 0.05) is 57.4 Å². The van der Waals surface area contributed by atoms with E-state index in [0.29, 0.717) is 23.8 Å². The van der Waals surface area contributed by atoms with E-state index >= 15 is 0 Å². The van der Waals surface area contributed by atoms with Gasteiger partial charge in [-0.2, -0.15) is 0 Å². The molecule has 0 radical (unpaired) electrons. The molecule has 2 unspecified atom stereocenters. The average Bonchev–Trinajstić information content (AvgIpc) is 3.30. The average molecular weight is 490 g/mol. The Morgan fingerprint density at radius 2 is 1.69 bits per heavy atom. The quantitative estimate of drug-likeness (QED) is 0.672. The molecule has 3 saturated heterocycles. The maximum Gasteiger partial charge on any atom is 0.253 e. The number of morpholine rings is 1. The normalized spacial score (nSPS) is 26.5. The summed E-state index contributed by atoms with van der Waals surface area (Å²) in [4.78, 5) is 24.6. The minimum Gasteiger partial charge on any atom is -0.383 e. The van der Waals surface area contributed by atoms with E-state index in [-0.39, 0.29) is 11.3 Å². The smallest absolute Gasteiger partial charge is 0.253 e. The molecular formula is C29H39N5O2. The van der Waals surface area contributed by atoms with Crippen molar-refractivity contribution in [3.8, 4) is 0 Å². The fourth-order valence-corrected chi connectivity index (χ4v) is 6.14. The van der Waals surface area contributed by atoms with Crippen LogP contribution in [0.5, 0.6) is 0 Å². The molecule has 1 saturated carbocycles. The van der Waals surface area contributed by atoms with Crippen molar-refractivity contribution in [2.45, 2.75) is 32.2 Å². The Kier molecular flexibility index (Phi) is 6.16. The van der Waals surface area contributed by atoms with E-state index in [2.05, 4.69) is 60.2 Å². The van der Waals surface area contributed by atoms with Crippen molar-refractivity contribution in [3.05, 3.63) is 53.7 Å². The van der Waals surface area contributed by atoms with Crippen LogP contribution in [0.4, 0.5) is 11.5 Å². The number of pyridine rings is 1. The number of rotatable bonds is 6. The topological polar surface area (TPSA) is 60.9 Å². The van der Waals surface area contributed by atoms with Crippen molar-refractivity contribution in [2.24, 2.45) is 17.8 Å². The maximum atomic E-state index is 13.0. The van der Waals surface area contributed by atoms with Gasteiger partial charge in [0.15, 0.2) is 0 Å². The Morgan fingerprint density at radius 3 is 2.31 bits per heavy atom. The SMILES string of the molecule is CC(C)(C)c1ccc(C(=O)N2CC3C(CNc4ccc(N5CC(N6CCOCC6)C5)nc4)C3C2)cc1. The van der Waals surface area contributed by atoms with Gasteiger partial charge in [0.05, 0.1) is 25.1 Å². The summed E-state index contributed by atoms with van der Waals surface area (Å²) in [6, 6.07) is 13.1. The van der Waals surface area contributed by atoms with Crippen molar-refractivity contribution in [3.63, 3.8) is 0 Å². The summed E-state index contributed by atoms with van der Waals surface area (Å²) in [7, 11) is 0. The number of hydrogen-bond acceptors (Lipinski definition) is 6. The summed E-state index contributed by atoms with van der Waals surface area (Å²) in [6.07, 6.45) is 1.96. The number of carbonyl (C=O) groups excluding carboxylic acids is 1. The molecule has 1 aliphatic carbocycles. The maximum absolute atomic E-state index is 13.0. The van der Waals surface area contributed by atoms with Gasteiger partial charge in [-0.1, -0.05) is 32.9 Å². The van der Waals surface area contributed by atoms with Crippen LogP contribution in [0, 0.1) is 17.8 Å².